The first-order valence-electron chi connectivity index (χ1n) is 11.0. The van der Waals surface area contributed by atoms with E-state index < -0.39 is 54.5 Å². The van der Waals surface area contributed by atoms with E-state index >= 15 is 0 Å². The van der Waals surface area contributed by atoms with Gasteiger partial charge in [-0.15, -0.1) is 0 Å². The minimum atomic E-state index is -4.53. The molecule has 1 aliphatic carbocycles. The van der Waals surface area contributed by atoms with Crippen molar-refractivity contribution in [3.8, 4) is 0 Å². The summed E-state index contributed by atoms with van der Waals surface area (Å²) in [5.74, 6) is -4.59. The fourth-order valence-electron chi connectivity index (χ4n) is 3.55. The molecule has 1 aromatic carbocycles. The number of hydrogen-bond acceptors (Lipinski definition) is 5. The molecule has 2 fully saturated rings. The molecule has 190 valence electrons. The molecule has 2 unspecified atom stereocenters. The van der Waals surface area contributed by atoms with Crippen molar-refractivity contribution < 1.29 is 37.1 Å². The van der Waals surface area contributed by atoms with Crippen LogP contribution in [0.4, 0.5) is 18.9 Å². The second-order valence-corrected chi connectivity index (χ2v) is 8.94. The SMILES string of the molecule is O=C(CCC(F)(F)F)Nc1ccc(Cl)cc1C(=O)NC(CC1CCNC1=O)C(=O)C(=O)NC1CC1. The van der Waals surface area contributed by atoms with Gasteiger partial charge in [0.2, 0.25) is 17.6 Å². The predicted octanol–water partition coefficient (Wildman–Crippen LogP) is 2.09. The van der Waals surface area contributed by atoms with E-state index in [0.717, 1.165) is 12.8 Å². The van der Waals surface area contributed by atoms with E-state index in [1.54, 1.807) is 0 Å². The number of carbonyl (C=O) groups excluding carboxylic acids is 5. The standard InChI is InChI=1S/C22H24ClF3N4O5/c23-12-1-4-15(29-17(31)5-7-22(24,25)26)14(10-12)20(34)30-16(9-11-6-8-27-19(11)33)18(32)21(35)28-13-2-3-13/h1,4,10-11,13,16H,2-3,5-9H2,(H,27,33)(H,28,35)(H,29,31)(H,30,34). The number of alkyl halides is 3. The van der Waals surface area contributed by atoms with Crippen LogP contribution in [0.15, 0.2) is 18.2 Å². The lowest BCUT2D eigenvalue weighted by Crippen LogP contribution is -2.49. The van der Waals surface area contributed by atoms with Crippen molar-refractivity contribution in [2.75, 3.05) is 11.9 Å². The molecule has 1 heterocycles. The number of rotatable bonds is 10. The van der Waals surface area contributed by atoms with Crippen LogP contribution in [-0.4, -0.2) is 54.2 Å². The minimum Gasteiger partial charge on any atom is -0.356 e. The molecule has 4 amide bonds. The third-order valence-electron chi connectivity index (χ3n) is 5.58. The Kier molecular flexibility index (Phi) is 8.36. The molecule has 2 aliphatic rings. The van der Waals surface area contributed by atoms with Gasteiger partial charge in [-0.3, -0.25) is 24.0 Å². The lowest BCUT2D eigenvalue weighted by Gasteiger charge is -2.21. The Labute approximate surface area is 203 Å². The van der Waals surface area contributed by atoms with E-state index in [4.69, 9.17) is 11.6 Å². The number of carbonyl (C=O) groups is 5. The van der Waals surface area contributed by atoms with Crippen LogP contribution in [0.1, 0.15) is 48.9 Å². The zero-order chi connectivity index (χ0) is 25.8. The summed E-state index contributed by atoms with van der Waals surface area (Å²) in [5.41, 5.74) is -0.333. The molecular weight excluding hydrogens is 493 g/mol. The summed E-state index contributed by atoms with van der Waals surface area (Å²) < 4.78 is 37.3. The van der Waals surface area contributed by atoms with Crippen molar-refractivity contribution in [3.05, 3.63) is 28.8 Å². The maximum Gasteiger partial charge on any atom is 0.389 e. The van der Waals surface area contributed by atoms with Crippen molar-refractivity contribution in [2.24, 2.45) is 5.92 Å². The normalized spacial score (nSPS) is 18.4. The molecule has 2 atom stereocenters. The Morgan fingerprint density at radius 3 is 2.46 bits per heavy atom. The van der Waals surface area contributed by atoms with Gasteiger partial charge in [-0.1, -0.05) is 11.6 Å². The van der Waals surface area contributed by atoms with Crippen LogP contribution in [0.3, 0.4) is 0 Å². The topological polar surface area (TPSA) is 133 Å². The number of hydrogen-bond donors (Lipinski definition) is 4. The largest absolute Gasteiger partial charge is 0.389 e. The molecule has 4 N–H and O–H groups in total. The summed E-state index contributed by atoms with van der Waals surface area (Å²) in [6.07, 6.45) is -4.96. The smallest absolute Gasteiger partial charge is 0.356 e. The highest BCUT2D eigenvalue weighted by Crippen LogP contribution is 2.25. The zero-order valence-corrected chi connectivity index (χ0v) is 19.2. The molecule has 1 saturated carbocycles. The zero-order valence-electron chi connectivity index (χ0n) is 18.5. The third kappa shape index (κ3) is 7.94. The Balaban J connectivity index is 1.76. The van der Waals surface area contributed by atoms with Gasteiger partial charge < -0.3 is 21.3 Å². The Morgan fingerprint density at radius 2 is 1.86 bits per heavy atom. The lowest BCUT2D eigenvalue weighted by molar-refractivity contribution is -0.142. The molecule has 0 radical (unpaired) electrons. The first kappa shape index (κ1) is 26.5. The molecule has 35 heavy (non-hydrogen) atoms. The van der Waals surface area contributed by atoms with Gasteiger partial charge in [0, 0.05) is 29.9 Å². The maximum atomic E-state index is 13.1. The first-order valence-corrected chi connectivity index (χ1v) is 11.4. The van der Waals surface area contributed by atoms with Gasteiger partial charge in [0.1, 0.15) is 0 Å². The van der Waals surface area contributed by atoms with Gasteiger partial charge in [0.25, 0.3) is 11.8 Å². The van der Waals surface area contributed by atoms with Crippen molar-refractivity contribution in [3.63, 3.8) is 0 Å². The highest BCUT2D eigenvalue weighted by molar-refractivity contribution is 6.38. The van der Waals surface area contributed by atoms with Gasteiger partial charge in [0.05, 0.1) is 23.7 Å². The van der Waals surface area contributed by atoms with Crippen molar-refractivity contribution in [1.29, 1.82) is 0 Å². The average molecular weight is 517 g/mol. The molecule has 9 nitrogen and oxygen atoms in total. The Morgan fingerprint density at radius 1 is 1.14 bits per heavy atom. The number of ketones is 1. The molecule has 0 bridgehead atoms. The second-order valence-electron chi connectivity index (χ2n) is 8.50. The van der Waals surface area contributed by atoms with Crippen LogP contribution in [0.5, 0.6) is 0 Å². The summed E-state index contributed by atoms with van der Waals surface area (Å²) >= 11 is 5.96. The fourth-order valence-corrected chi connectivity index (χ4v) is 3.72. The first-order chi connectivity index (χ1) is 16.4. The number of amides is 4. The molecular formula is C22H24ClF3N4O5. The van der Waals surface area contributed by atoms with Crippen LogP contribution >= 0.6 is 11.6 Å². The van der Waals surface area contributed by atoms with Gasteiger partial charge >= 0.3 is 6.18 Å². The number of anilines is 1. The van der Waals surface area contributed by atoms with Crippen LogP contribution in [-0.2, 0) is 19.2 Å². The van der Waals surface area contributed by atoms with E-state index in [1.165, 1.54) is 18.2 Å². The number of halogens is 4. The van der Waals surface area contributed by atoms with Crippen LogP contribution in [0.25, 0.3) is 0 Å². The number of Topliss-reactive ketones (excluding diaryl/α,β-unsaturated/α-hetero) is 1. The Bertz CT molecular complexity index is 1030. The molecule has 1 saturated heterocycles. The summed E-state index contributed by atoms with van der Waals surface area (Å²) in [5, 5.41) is 9.94. The minimum absolute atomic E-state index is 0.0907. The van der Waals surface area contributed by atoms with Crippen molar-refractivity contribution in [1.82, 2.24) is 16.0 Å². The molecule has 0 spiro atoms. The van der Waals surface area contributed by atoms with Crippen molar-refractivity contribution >= 4 is 46.7 Å². The highest BCUT2D eigenvalue weighted by Gasteiger charge is 2.36. The average Bonchev–Trinajstić information content (AvgIpc) is 3.51. The third-order valence-corrected chi connectivity index (χ3v) is 5.81. The molecule has 1 aliphatic heterocycles. The molecule has 3 rings (SSSR count). The summed E-state index contributed by atoms with van der Waals surface area (Å²) in [7, 11) is 0. The van der Waals surface area contributed by atoms with Gasteiger partial charge in [-0.2, -0.15) is 13.2 Å². The van der Waals surface area contributed by atoms with E-state index in [2.05, 4.69) is 21.3 Å². The monoisotopic (exact) mass is 516 g/mol. The summed E-state index contributed by atoms with van der Waals surface area (Å²) in [4.78, 5) is 62.2. The van der Waals surface area contributed by atoms with E-state index in [9.17, 15) is 37.1 Å². The van der Waals surface area contributed by atoms with Gasteiger partial charge in [-0.05, 0) is 43.9 Å². The maximum absolute atomic E-state index is 13.1. The summed E-state index contributed by atoms with van der Waals surface area (Å²) in [6.45, 7) is 0.398. The van der Waals surface area contributed by atoms with Crippen LogP contribution in [0, 0.1) is 5.92 Å². The summed E-state index contributed by atoms with van der Waals surface area (Å²) in [6, 6.07) is 2.28. The lowest BCUT2D eigenvalue weighted by atomic mass is 9.95. The predicted molar refractivity (Wildman–Crippen MR) is 119 cm³/mol. The Hall–Kier alpha value is -3.15. The van der Waals surface area contributed by atoms with E-state index in [1.807, 2.05) is 0 Å². The molecule has 13 heteroatoms. The van der Waals surface area contributed by atoms with Gasteiger partial charge in [-0.25, -0.2) is 0 Å². The molecule has 0 aromatic heterocycles. The number of nitrogens with one attached hydrogen (secondary N) is 4. The van der Waals surface area contributed by atoms with E-state index in [0.29, 0.717) is 13.0 Å². The molecule has 1 aromatic rings. The second kappa shape index (κ2) is 11.1. The van der Waals surface area contributed by atoms with Gasteiger partial charge in [0.15, 0.2) is 0 Å². The number of benzene rings is 1. The van der Waals surface area contributed by atoms with Crippen LogP contribution in [0.2, 0.25) is 5.02 Å². The van der Waals surface area contributed by atoms with E-state index in [-0.39, 0.29) is 34.6 Å². The highest BCUT2D eigenvalue weighted by atomic mass is 35.5. The van der Waals surface area contributed by atoms with Crippen molar-refractivity contribution in [2.45, 2.75) is 56.8 Å². The quantitative estimate of drug-likeness (QED) is 0.353. The fraction of sp³-hybridized carbons (Fsp3) is 0.500. The van der Waals surface area contributed by atoms with Crippen LogP contribution < -0.4 is 21.3 Å².